The van der Waals surface area contributed by atoms with Crippen molar-refractivity contribution in [3.05, 3.63) is 53.9 Å². The molecule has 0 heterocycles. The molecule has 1 fully saturated rings. The second-order valence-electron chi connectivity index (χ2n) is 6.07. The number of nitriles is 1. The summed E-state index contributed by atoms with van der Waals surface area (Å²) in [5.74, 6) is -1.36. The molecule has 0 atom stereocenters. The van der Waals surface area contributed by atoms with Crippen LogP contribution < -0.4 is 4.74 Å². The molecule has 0 radical (unpaired) electrons. The summed E-state index contributed by atoms with van der Waals surface area (Å²) in [7, 11) is 0. The third-order valence-electron chi connectivity index (χ3n) is 4.24. The molecule has 0 aliphatic heterocycles. The van der Waals surface area contributed by atoms with Gasteiger partial charge in [0, 0.05) is 0 Å². The summed E-state index contributed by atoms with van der Waals surface area (Å²) < 4.78 is 55.4. The SMILES string of the molecule is N#CC(F)=CC=C[C@H]1CC[C@H](C(=O)Oc2ccc(C(F)(F)F)cc2)CC1. The lowest BCUT2D eigenvalue weighted by atomic mass is 9.82. The maximum atomic E-state index is 12.7. The Labute approximate surface area is 148 Å². The van der Waals surface area contributed by atoms with E-state index in [-0.39, 0.29) is 17.6 Å². The Kier molecular flexibility index (Phi) is 6.56. The van der Waals surface area contributed by atoms with Gasteiger partial charge < -0.3 is 4.74 Å². The summed E-state index contributed by atoms with van der Waals surface area (Å²) in [5, 5.41) is 8.31. The molecule has 0 spiro atoms. The van der Waals surface area contributed by atoms with Gasteiger partial charge in [0.1, 0.15) is 11.8 Å². The van der Waals surface area contributed by atoms with Crippen LogP contribution in [0.2, 0.25) is 0 Å². The van der Waals surface area contributed by atoms with Gasteiger partial charge >= 0.3 is 12.1 Å². The average Bonchev–Trinajstić information content (AvgIpc) is 2.61. The monoisotopic (exact) mass is 367 g/mol. The largest absolute Gasteiger partial charge is 0.426 e. The van der Waals surface area contributed by atoms with Crippen molar-refractivity contribution in [2.45, 2.75) is 31.9 Å². The summed E-state index contributed by atoms with van der Waals surface area (Å²) >= 11 is 0. The van der Waals surface area contributed by atoms with Gasteiger partial charge in [-0.25, -0.2) is 0 Å². The number of hydrogen-bond acceptors (Lipinski definition) is 3. The zero-order chi connectivity index (χ0) is 19.2. The number of benzene rings is 1. The molecule has 1 saturated carbocycles. The number of hydrogen-bond donors (Lipinski definition) is 0. The quantitative estimate of drug-likeness (QED) is 0.237. The zero-order valence-corrected chi connectivity index (χ0v) is 13.8. The number of rotatable bonds is 4. The highest BCUT2D eigenvalue weighted by molar-refractivity contribution is 5.75. The summed E-state index contributed by atoms with van der Waals surface area (Å²) in [4.78, 5) is 12.1. The van der Waals surface area contributed by atoms with Crippen LogP contribution in [0.15, 0.2) is 48.3 Å². The van der Waals surface area contributed by atoms with Crippen LogP contribution in [0.4, 0.5) is 17.6 Å². The van der Waals surface area contributed by atoms with Gasteiger partial charge in [-0.2, -0.15) is 22.8 Å². The highest BCUT2D eigenvalue weighted by Gasteiger charge is 2.30. The van der Waals surface area contributed by atoms with E-state index < -0.39 is 23.5 Å². The highest BCUT2D eigenvalue weighted by atomic mass is 19.4. The summed E-state index contributed by atoms with van der Waals surface area (Å²) in [6, 6.07) is 5.39. The van der Waals surface area contributed by atoms with Crippen molar-refractivity contribution < 1.29 is 27.1 Å². The second-order valence-corrected chi connectivity index (χ2v) is 6.07. The molecular formula is C19H17F4NO2. The number of carbonyl (C=O) groups excluding carboxylic acids is 1. The third kappa shape index (κ3) is 5.73. The van der Waals surface area contributed by atoms with Crippen molar-refractivity contribution in [2.24, 2.45) is 11.8 Å². The van der Waals surface area contributed by atoms with Gasteiger partial charge in [0.05, 0.1) is 11.5 Å². The van der Waals surface area contributed by atoms with Crippen LogP contribution in [-0.2, 0) is 11.0 Å². The van der Waals surface area contributed by atoms with Gasteiger partial charge in [0.2, 0.25) is 0 Å². The lowest BCUT2D eigenvalue weighted by molar-refractivity contribution is -0.140. The van der Waals surface area contributed by atoms with Gasteiger partial charge in [0.15, 0.2) is 5.83 Å². The number of halogens is 4. The van der Waals surface area contributed by atoms with Gasteiger partial charge in [0.25, 0.3) is 0 Å². The van der Waals surface area contributed by atoms with E-state index in [1.54, 1.807) is 6.08 Å². The van der Waals surface area contributed by atoms with Crippen LogP contribution >= 0.6 is 0 Å². The number of esters is 1. The van der Waals surface area contributed by atoms with E-state index in [9.17, 15) is 22.4 Å². The van der Waals surface area contributed by atoms with Crippen LogP contribution in [0.25, 0.3) is 0 Å². The molecule has 7 heteroatoms. The van der Waals surface area contributed by atoms with Gasteiger partial charge in [-0.05, 0) is 61.9 Å². The molecule has 1 aromatic carbocycles. The maximum absolute atomic E-state index is 12.7. The molecule has 138 valence electrons. The number of carbonyl (C=O) groups is 1. The Morgan fingerprint density at radius 3 is 2.31 bits per heavy atom. The molecular weight excluding hydrogens is 350 g/mol. The Bertz CT molecular complexity index is 721. The van der Waals surface area contributed by atoms with Crippen molar-refractivity contribution in [1.82, 2.24) is 0 Å². The van der Waals surface area contributed by atoms with Gasteiger partial charge in [-0.15, -0.1) is 0 Å². The molecule has 3 nitrogen and oxygen atoms in total. The molecule has 0 saturated heterocycles. The average molecular weight is 367 g/mol. The third-order valence-corrected chi connectivity index (χ3v) is 4.24. The fourth-order valence-electron chi connectivity index (χ4n) is 2.79. The fourth-order valence-corrected chi connectivity index (χ4v) is 2.79. The standard InChI is InChI=1S/C19H17F4NO2/c20-16(12-24)3-1-2-13-4-6-14(7-5-13)18(25)26-17-10-8-15(9-11-17)19(21,22)23/h1-3,8-11,13-14H,4-7H2/t13-,14-. The van der Waals surface area contributed by atoms with Crippen molar-refractivity contribution in [3.63, 3.8) is 0 Å². The lowest BCUT2D eigenvalue weighted by Crippen LogP contribution is -2.25. The van der Waals surface area contributed by atoms with E-state index >= 15 is 0 Å². The minimum atomic E-state index is -4.43. The summed E-state index contributed by atoms with van der Waals surface area (Å²) in [5.41, 5.74) is -0.800. The van der Waals surface area contributed by atoms with E-state index in [0.29, 0.717) is 25.7 Å². The van der Waals surface area contributed by atoms with E-state index in [0.717, 1.165) is 30.3 Å². The molecule has 1 aromatic rings. The van der Waals surface area contributed by atoms with Gasteiger partial charge in [-0.3, -0.25) is 4.79 Å². The van der Waals surface area contributed by atoms with Crippen molar-refractivity contribution in [3.8, 4) is 11.8 Å². The van der Waals surface area contributed by atoms with E-state index in [4.69, 9.17) is 10.00 Å². The maximum Gasteiger partial charge on any atom is 0.416 e. The van der Waals surface area contributed by atoms with Crippen molar-refractivity contribution in [1.29, 1.82) is 5.26 Å². The number of alkyl halides is 3. The van der Waals surface area contributed by atoms with Crippen LogP contribution in [0.5, 0.6) is 5.75 Å². The number of nitrogens with zero attached hydrogens (tertiary/aromatic N) is 1. The Morgan fingerprint density at radius 1 is 1.15 bits per heavy atom. The lowest BCUT2D eigenvalue weighted by Gasteiger charge is -2.25. The van der Waals surface area contributed by atoms with Crippen LogP contribution in [0.3, 0.4) is 0 Å². The van der Waals surface area contributed by atoms with E-state index in [2.05, 4.69) is 0 Å². The molecule has 1 aliphatic carbocycles. The topological polar surface area (TPSA) is 50.1 Å². The smallest absolute Gasteiger partial charge is 0.416 e. The Balaban J connectivity index is 1.84. The summed E-state index contributed by atoms with van der Waals surface area (Å²) in [6.07, 6.45) is 2.54. The molecule has 0 aromatic heterocycles. The minimum Gasteiger partial charge on any atom is -0.426 e. The first kappa shape index (κ1) is 19.7. The van der Waals surface area contributed by atoms with E-state index in [1.165, 1.54) is 12.1 Å². The normalized spacial score (nSPS) is 21.4. The molecule has 0 N–H and O–H groups in total. The second kappa shape index (κ2) is 8.65. The predicted molar refractivity (Wildman–Crippen MR) is 86.5 cm³/mol. The number of allylic oxidation sites excluding steroid dienone is 4. The molecule has 0 bridgehead atoms. The Morgan fingerprint density at radius 2 is 1.77 bits per heavy atom. The molecule has 2 rings (SSSR count). The van der Waals surface area contributed by atoms with Crippen molar-refractivity contribution >= 4 is 5.97 Å². The molecule has 1 aliphatic rings. The molecule has 0 unspecified atom stereocenters. The Hall–Kier alpha value is -2.62. The van der Waals surface area contributed by atoms with Crippen LogP contribution in [0, 0.1) is 23.2 Å². The zero-order valence-electron chi connectivity index (χ0n) is 13.8. The van der Waals surface area contributed by atoms with Crippen LogP contribution in [-0.4, -0.2) is 5.97 Å². The van der Waals surface area contributed by atoms with E-state index in [1.807, 2.05) is 0 Å². The fraction of sp³-hybridized carbons (Fsp3) is 0.368. The summed E-state index contributed by atoms with van der Waals surface area (Å²) in [6.45, 7) is 0. The molecule has 0 amide bonds. The molecule has 26 heavy (non-hydrogen) atoms. The predicted octanol–water partition coefficient (Wildman–Crippen LogP) is 5.35. The van der Waals surface area contributed by atoms with Gasteiger partial charge in [-0.1, -0.05) is 12.2 Å². The first-order valence-corrected chi connectivity index (χ1v) is 8.12. The van der Waals surface area contributed by atoms with Crippen molar-refractivity contribution in [2.75, 3.05) is 0 Å². The first-order chi connectivity index (χ1) is 12.3. The van der Waals surface area contributed by atoms with Crippen LogP contribution in [0.1, 0.15) is 31.2 Å². The first-order valence-electron chi connectivity index (χ1n) is 8.12. The highest BCUT2D eigenvalue weighted by Crippen LogP contribution is 2.32. The minimum absolute atomic E-state index is 0.0853. The number of ether oxygens (including phenoxy) is 1.